The van der Waals surface area contributed by atoms with Gasteiger partial charge in [-0.2, -0.15) is 5.10 Å². The van der Waals surface area contributed by atoms with Crippen LogP contribution in [-0.4, -0.2) is 16.1 Å². The first-order valence-electron chi connectivity index (χ1n) is 5.88. The predicted molar refractivity (Wildman–Crippen MR) is 65.4 cm³/mol. The standard InChI is InChI=1S/C12H21N3O/c1-5-9(4)6-12(16)13-11-7-10(8(2)3)14-15-11/h7-9H,5-6H2,1-4H3,(H2,13,14,15,16). The lowest BCUT2D eigenvalue weighted by molar-refractivity contribution is -0.117. The first-order chi connectivity index (χ1) is 7.52. The first kappa shape index (κ1) is 12.7. The van der Waals surface area contributed by atoms with Gasteiger partial charge in [0.05, 0.1) is 0 Å². The van der Waals surface area contributed by atoms with E-state index in [1.54, 1.807) is 0 Å². The minimum Gasteiger partial charge on any atom is -0.309 e. The van der Waals surface area contributed by atoms with E-state index in [1.165, 1.54) is 0 Å². The van der Waals surface area contributed by atoms with E-state index in [0.717, 1.165) is 12.1 Å². The van der Waals surface area contributed by atoms with Crippen LogP contribution in [0.15, 0.2) is 6.07 Å². The number of aromatic amines is 1. The maximum absolute atomic E-state index is 11.6. The molecule has 90 valence electrons. The van der Waals surface area contributed by atoms with E-state index in [-0.39, 0.29) is 5.91 Å². The van der Waals surface area contributed by atoms with Gasteiger partial charge in [-0.15, -0.1) is 0 Å². The van der Waals surface area contributed by atoms with Gasteiger partial charge in [-0.05, 0) is 11.8 Å². The molecule has 1 heterocycles. The number of hydrogen-bond donors (Lipinski definition) is 2. The van der Waals surface area contributed by atoms with Crippen LogP contribution in [0.2, 0.25) is 0 Å². The van der Waals surface area contributed by atoms with Crippen molar-refractivity contribution in [3.8, 4) is 0 Å². The van der Waals surface area contributed by atoms with Gasteiger partial charge in [-0.1, -0.05) is 34.1 Å². The van der Waals surface area contributed by atoms with Crippen molar-refractivity contribution in [3.05, 3.63) is 11.8 Å². The highest BCUT2D eigenvalue weighted by atomic mass is 16.1. The zero-order valence-electron chi connectivity index (χ0n) is 10.5. The zero-order valence-corrected chi connectivity index (χ0v) is 10.5. The summed E-state index contributed by atoms with van der Waals surface area (Å²) in [5.41, 5.74) is 1.04. The Hall–Kier alpha value is -1.32. The minimum absolute atomic E-state index is 0.0381. The van der Waals surface area contributed by atoms with E-state index in [0.29, 0.717) is 24.1 Å². The van der Waals surface area contributed by atoms with Crippen molar-refractivity contribution >= 4 is 11.7 Å². The maximum Gasteiger partial charge on any atom is 0.225 e. The summed E-state index contributed by atoms with van der Waals surface area (Å²) >= 11 is 0. The van der Waals surface area contributed by atoms with Crippen molar-refractivity contribution in [2.45, 2.75) is 46.5 Å². The molecule has 1 amide bonds. The Kier molecular flexibility index (Phi) is 4.52. The van der Waals surface area contributed by atoms with Crippen molar-refractivity contribution in [1.29, 1.82) is 0 Å². The molecule has 0 radical (unpaired) electrons. The van der Waals surface area contributed by atoms with Gasteiger partial charge in [0, 0.05) is 18.2 Å². The first-order valence-corrected chi connectivity index (χ1v) is 5.88. The molecule has 4 heteroatoms. The summed E-state index contributed by atoms with van der Waals surface area (Å²) in [5, 5.41) is 9.77. The molecule has 0 aromatic carbocycles. The molecule has 0 aliphatic heterocycles. The number of anilines is 1. The van der Waals surface area contributed by atoms with Crippen molar-refractivity contribution in [3.63, 3.8) is 0 Å². The Morgan fingerprint density at radius 2 is 2.19 bits per heavy atom. The van der Waals surface area contributed by atoms with Gasteiger partial charge in [0.15, 0.2) is 5.82 Å². The van der Waals surface area contributed by atoms with E-state index in [2.05, 4.69) is 43.2 Å². The van der Waals surface area contributed by atoms with E-state index in [1.807, 2.05) is 6.07 Å². The second kappa shape index (κ2) is 5.68. The lowest BCUT2D eigenvalue weighted by atomic mass is 10.1. The topological polar surface area (TPSA) is 57.8 Å². The molecule has 1 unspecified atom stereocenters. The van der Waals surface area contributed by atoms with E-state index in [9.17, 15) is 4.79 Å². The van der Waals surface area contributed by atoms with Crippen molar-refractivity contribution < 1.29 is 4.79 Å². The molecule has 0 aliphatic carbocycles. The van der Waals surface area contributed by atoms with Gasteiger partial charge in [0.1, 0.15) is 0 Å². The molecular weight excluding hydrogens is 202 g/mol. The third-order valence-corrected chi connectivity index (χ3v) is 2.72. The summed E-state index contributed by atoms with van der Waals surface area (Å²) < 4.78 is 0. The highest BCUT2D eigenvalue weighted by Gasteiger charge is 2.10. The van der Waals surface area contributed by atoms with Gasteiger partial charge in [-0.25, -0.2) is 0 Å². The molecule has 0 saturated carbocycles. The monoisotopic (exact) mass is 223 g/mol. The van der Waals surface area contributed by atoms with Crippen LogP contribution < -0.4 is 5.32 Å². The Labute approximate surface area is 96.8 Å². The van der Waals surface area contributed by atoms with E-state index in [4.69, 9.17) is 0 Å². The quantitative estimate of drug-likeness (QED) is 0.806. The Morgan fingerprint density at radius 3 is 2.69 bits per heavy atom. The average Bonchev–Trinajstić information content (AvgIpc) is 2.65. The lowest BCUT2D eigenvalue weighted by Gasteiger charge is -2.06. The number of amides is 1. The number of rotatable bonds is 5. The third-order valence-electron chi connectivity index (χ3n) is 2.72. The maximum atomic E-state index is 11.6. The van der Waals surface area contributed by atoms with Gasteiger partial charge >= 0.3 is 0 Å². The molecule has 1 aromatic rings. The number of H-pyrrole nitrogens is 1. The molecule has 1 rings (SSSR count). The normalized spacial score (nSPS) is 12.8. The van der Waals surface area contributed by atoms with E-state index < -0.39 is 0 Å². The molecule has 16 heavy (non-hydrogen) atoms. The fourth-order valence-corrected chi connectivity index (χ4v) is 1.35. The second-order valence-corrected chi connectivity index (χ2v) is 4.63. The summed E-state index contributed by atoms with van der Waals surface area (Å²) in [5.74, 6) is 1.48. The molecule has 0 bridgehead atoms. The number of aromatic nitrogens is 2. The van der Waals surface area contributed by atoms with E-state index >= 15 is 0 Å². The van der Waals surface area contributed by atoms with Crippen LogP contribution in [0.25, 0.3) is 0 Å². The highest BCUT2D eigenvalue weighted by molar-refractivity contribution is 5.89. The minimum atomic E-state index is 0.0381. The zero-order chi connectivity index (χ0) is 12.1. The fraction of sp³-hybridized carbons (Fsp3) is 0.667. The molecule has 0 fully saturated rings. The second-order valence-electron chi connectivity index (χ2n) is 4.63. The van der Waals surface area contributed by atoms with Crippen LogP contribution in [0.1, 0.15) is 52.1 Å². The van der Waals surface area contributed by atoms with Crippen LogP contribution in [-0.2, 0) is 4.79 Å². The van der Waals surface area contributed by atoms with Crippen molar-refractivity contribution in [2.24, 2.45) is 5.92 Å². The smallest absolute Gasteiger partial charge is 0.225 e. The van der Waals surface area contributed by atoms with Crippen LogP contribution in [0, 0.1) is 5.92 Å². The average molecular weight is 223 g/mol. The van der Waals surface area contributed by atoms with Crippen LogP contribution in [0.4, 0.5) is 5.82 Å². The van der Waals surface area contributed by atoms with Gasteiger partial charge in [0.2, 0.25) is 5.91 Å². The molecule has 1 atom stereocenters. The van der Waals surface area contributed by atoms with Crippen LogP contribution in [0.5, 0.6) is 0 Å². The molecule has 0 spiro atoms. The van der Waals surface area contributed by atoms with Crippen LogP contribution >= 0.6 is 0 Å². The largest absolute Gasteiger partial charge is 0.309 e. The lowest BCUT2D eigenvalue weighted by Crippen LogP contribution is -2.14. The van der Waals surface area contributed by atoms with Gasteiger partial charge in [0.25, 0.3) is 0 Å². The van der Waals surface area contributed by atoms with Gasteiger partial charge in [-0.3, -0.25) is 9.89 Å². The summed E-state index contributed by atoms with van der Waals surface area (Å²) in [6.07, 6.45) is 1.58. The summed E-state index contributed by atoms with van der Waals surface area (Å²) in [7, 11) is 0. The summed E-state index contributed by atoms with van der Waals surface area (Å²) in [4.78, 5) is 11.6. The molecule has 1 aromatic heterocycles. The Bertz CT molecular complexity index is 344. The number of nitrogens with one attached hydrogen (secondary N) is 2. The number of carbonyl (C=O) groups is 1. The summed E-state index contributed by atoms with van der Waals surface area (Å²) in [6.45, 7) is 8.32. The van der Waals surface area contributed by atoms with Crippen molar-refractivity contribution in [2.75, 3.05) is 5.32 Å². The Balaban J connectivity index is 2.50. The fourth-order valence-electron chi connectivity index (χ4n) is 1.35. The predicted octanol–water partition coefficient (Wildman–Crippen LogP) is 2.91. The molecule has 0 saturated heterocycles. The van der Waals surface area contributed by atoms with Crippen LogP contribution in [0.3, 0.4) is 0 Å². The highest BCUT2D eigenvalue weighted by Crippen LogP contribution is 2.15. The number of hydrogen-bond acceptors (Lipinski definition) is 2. The van der Waals surface area contributed by atoms with Gasteiger partial charge < -0.3 is 5.32 Å². The SMILES string of the molecule is CCC(C)CC(=O)Nc1cc(C(C)C)[nH]n1. The van der Waals surface area contributed by atoms with Crippen molar-refractivity contribution in [1.82, 2.24) is 10.2 Å². The number of carbonyl (C=O) groups excluding carboxylic acids is 1. The molecule has 2 N–H and O–H groups in total. The third kappa shape index (κ3) is 3.68. The molecule has 0 aliphatic rings. The molecular formula is C12H21N3O. The summed E-state index contributed by atoms with van der Waals surface area (Å²) in [6, 6.07) is 1.89. The Morgan fingerprint density at radius 1 is 1.50 bits per heavy atom. The molecule has 4 nitrogen and oxygen atoms in total. The number of nitrogens with zero attached hydrogens (tertiary/aromatic N) is 1.